The van der Waals surface area contributed by atoms with Gasteiger partial charge in [-0.25, -0.2) is 4.98 Å². The highest BCUT2D eigenvalue weighted by Crippen LogP contribution is 2.34. The van der Waals surface area contributed by atoms with Gasteiger partial charge in [-0.15, -0.1) is 0 Å². The van der Waals surface area contributed by atoms with Crippen LogP contribution in [0.2, 0.25) is 0 Å². The van der Waals surface area contributed by atoms with Crippen molar-refractivity contribution in [3.05, 3.63) is 52.7 Å². The zero-order valence-corrected chi connectivity index (χ0v) is 22.9. The molecule has 2 aliphatic rings. The molecule has 0 aliphatic carbocycles. The molecular formula is C29H38N6O2. The Bertz CT molecular complexity index is 1220. The summed E-state index contributed by atoms with van der Waals surface area (Å²) in [5.41, 5.74) is 4.20. The summed E-state index contributed by atoms with van der Waals surface area (Å²) in [6, 6.07) is 12.2. The number of likely N-dealkylation sites (tertiary alicyclic amines) is 1. The molecule has 8 heteroatoms. The second-order valence-corrected chi connectivity index (χ2v) is 10.4. The highest BCUT2D eigenvalue weighted by molar-refractivity contribution is 5.99. The molecule has 3 atom stereocenters. The molecule has 1 aromatic carbocycles. The number of carbonyl (C=O) groups excluding carboxylic acids is 2. The molecule has 37 heavy (non-hydrogen) atoms. The largest absolute Gasteiger partial charge is 0.342 e. The van der Waals surface area contributed by atoms with Crippen LogP contribution < -0.4 is 9.80 Å². The second kappa shape index (κ2) is 10.9. The maximum Gasteiger partial charge on any atom is 0.249 e. The zero-order chi connectivity index (χ0) is 26.9. The molecule has 0 spiro atoms. The zero-order valence-electron chi connectivity index (χ0n) is 22.9. The molecule has 4 rings (SSSR count). The van der Waals surface area contributed by atoms with E-state index in [-0.39, 0.29) is 23.9 Å². The van der Waals surface area contributed by atoms with Gasteiger partial charge in [0.25, 0.3) is 0 Å². The van der Waals surface area contributed by atoms with Gasteiger partial charge in [-0.2, -0.15) is 5.26 Å². The van der Waals surface area contributed by atoms with Gasteiger partial charge in [-0.1, -0.05) is 12.1 Å². The Labute approximate surface area is 220 Å². The van der Waals surface area contributed by atoms with Gasteiger partial charge in [0.2, 0.25) is 11.8 Å². The van der Waals surface area contributed by atoms with Crippen LogP contribution in [0.25, 0.3) is 0 Å². The Kier molecular flexibility index (Phi) is 7.84. The van der Waals surface area contributed by atoms with E-state index in [0.29, 0.717) is 37.4 Å². The van der Waals surface area contributed by atoms with Crippen LogP contribution in [0.3, 0.4) is 0 Å². The standard InChI is InChI=1S/C29H38N6O2/c1-7-34(23-10-8-9-19(2)13-23)29(37)27-15-25(32(6)24-11-12-33(17-24)22(5)36)18-35(27)28-26(16-30)20(3)14-21(4)31-28/h8-10,13-14,24-25,27H,7,11-12,15,17-18H2,1-6H3. The summed E-state index contributed by atoms with van der Waals surface area (Å²) < 4.78 is 0. The molecule has 3 unspecified atom stereocenters. The van der Waals surface area contributed by atoms with Crippen LogP contribution in [-0.4, -0.2) is 78.0 Å². The van der Waals surface area contributed by atoms with E-state index in [9.17, 15) is 14.9 Å². The Morgan fingerprint density at radius 3 is 2.54 bits per heavy atom. The molecule has 0 radical (unpaired) electrons. The number of anilines is 2. The Morgan fingerprint density at radius 1 is 1.16 bits per heavy atom. The number of rotatable bonds is 6. The number of hydrogen-bond donors (Lipinski definition) is 0. The lowest BCUT2D eigenvalue weighted by Crippen LogP contribution is -2.46. The first-order chi connectivity index (χ1) is 17.6. The quantitative estimate of drug-likeness (QED) is 0.602. The van der Waals surface area contributed by atoms with E-state index in [1.165, 1.54) is 0 Å². The lowest BCUT2D eigenvalue weighted by atomic mass is 10.1. The first kappa shape index (κ1) is 26.6. The first-order valence-corrected chi connectivity index (χ1v) is 13.1. The molecule has 0 saturated carbocycles. The monoisotopic (exact) mass is 502 g/mol. The summed E-state index contributed by atoms with van der Waals surface area (Å²) >= 11 is 0. The van der Waals surface area contributed by atoms with E-state index < -0.39 is 6.04 Å². The predicted octanol–water partition coefficient (Wildman–Crippen LogP) is 3.43. The van der Waals surface area contributed by atoms with Crippen molar-refractivity contribution < 1.29 is 9.59 Å². The average Bonchev–Trinajstić information content (AvgIpc) is 3.52. The molecule has 2 amide bonds. The maximum atomic E-state index is 14.2. The van der Waals surface area contributed by atoms with Gasteiger partial charge in [0.15, 0.2) is 0 Å². The van der Waals surface area contributed by atoms with Gasteiger partial charge in [-0.05, 0) is 76.9 Å². The van der Waals surface area contributed by atoms with Crippen LogP contribution >= 0.6 is 0 Å². The number of benzene rings is 1. The van der Waals surface area contributed by atoms with Crippen molar-refractivity contribution in [2.24, 2.45) is 0 Å². The number of nitriles is 1. The van der Waals surface area contributed by atoms with E-state index in [2.05, 4.69) is 22.9 Å². The molecule has 2 aromatic rings. The second-order valence-electron chi connectivity index (χ2n) is 10.4. The maximum absolute atomic E-state index is 14.2. The summed E-state index contributed by atoms with van der Waals surface area (Å²) in [6.45, 7) is 12.1. The number of aromatic nitrogens is 1. The van der Waals surface area contributed by atoms with Crippen molar-refractivity contribution in [2.45, 2.75) is 65.6 Å². The van der Waals surface area contributed by atoms with E-state index in [4.69, 9.17) is 4.98 Å². The molecule has 196 valence electrons. The van der Waals surface area contributed by atoms with E-state index in [1.54, 1.807) is 6.92 Å². The minimum Gasteiger partial charge on any atom is -0.342 e. The normalized spacial score (nSPS) is 21.4. The third-order valence-electron chi connectivity index (χ3n) is 7.93. The topological polar surface area (TPSA) is 83.8 Å². The van der Waals surface area contributed by atoms with Crippen LogP contribution in [-0.2, 0) is 9.59 Å². The van der Waals surface area contributed by atoms with E-state index in [0.717, 1.165) is 35.5 Å². The van der Waals surface area contributed by atoms with Gasteiger partial charge in [0, 0.05) is 56.6 Å². The van der Waals surface area contributed by atoms with Crippen molar-refractivity contribution in [3.63, 3.8) is 0 Å². The Morgan fingerprint density at radius 2 is 1.92 bits per heavy atom. The van der Waals surface area contributed by atoms with E-state index >= 15 is 0 Å². The average molecular weight is 503 g/mol. The first-order valence-electron chi connectivity index (χ1n) is 13.1. The number of nitrogens with zero attached hydrogens (tertiary/aromatic N) is 6. The van der Waals surface area contributed by atoms with Crippen molar-refractivity contribution in [1.82, 2.24) is 14.8 Å². The third-order valence-corrected chi connectivity index (χ3v) is 7.93. The predicted molar refractivity (Wildman–Crippen MR) is 146 cm³/mol. The molecular weight excluding hydrogens is 464 g/mol. The Balaban J connectivity index is 1.70. The summed E-state index contributed by atoms with van der Waals surface area (Å²) in [4.78, 5) is 39.0. The number of pyridine rings is 1. The highest BCUT2D eigenvalue weighted by atomic mass is 16.2. The lowest BCUT2D eigenvalue weighted by Gasteiger charge is -2.31. The minimum atomic E-state index is -0.445. The fraction of sp³-hybridized carbons (Fsp3) is 0.517. The van der Waals surface area contributed by atoms with Crippen molar-refractivity contribution >= 4 is 23.3 Å². The van der Waals surface area contributed by atoms with Crippen molar-refractivity contribution in [3.8, 4) is 6.07 Å². The number of hydrogen-bond acceptors (Lipinski definition) is 6. The molecule has 1 aromatic heterocycles. The van der Waals surface area contributed by atoms with Gasteiger partial charge < -0.3 is 14.7 Å². The van der Waals surface area contributed by atoms with Gasteiger partial charge in [-0.3, -0.25) is 14.5 Å². The molecule has 2 aliphatic heterocycles. The molecule has 0 bridgehead atoms. The summed E-state index contributed by atoms with van der Waals surface area (Å²) in [5.74, 6) is 0.712. The third kappa shape index (κ3) is 5.33. The van der Waals surface area contributed by atoms with Crippen LogP contribution in [0.5, 0.6) is 0 Å². The lowest BCUT2D eigenvalue weighted by molar-refractivity contribution is -0.128. The van der Waals surface area contributed by atoms with Gasteiger partial charge in [0.05, 0.1) is 5.56 Å². The fourth-order valence-corrected chi connectivity index (χ4v) is 5.84. The molecule has 3 heterocycles. The molecule has 2 saturated heterocycles. The molecule has 0 N–H and O–H groups in total. The van der Waals surface area contributed by atoms with Crippen LogP contribution in [0.4, 0.5) is 11.5 Å². The van der Waals surface area contributed by atoms with Crippen LogP contribution in [0.15, 0.2) is 30.3 Å². The molecule has 2 fully saturated rings. The van der Waals surface area contributed by atoms with Crippen molar-refractivity contribution in [1.29, 1.82) is 5.26 Å². The number of likely N-dealkylation sites (N-methyl/N-ethyl adjacent to an activating group) is 2. The SMILES string of the molecule is CCN(C(=O)C1CC(N(C)C2CCN(C(C)=O)C2)CN1c1nc(C)cc(C)c1C#N)c1cccc(C)c1. The summed E-state index contributed by atoms with van der Waals surface area (Å²) in [7, 11) is 2.10. The van der Waals surface area contributed by atoms with Crippen LogP contribution in [0.1, 0.15) is 49.1 Å². The molecule has 8 nitrogen and oxygen atoms in total. The summed E-state index contributed by atoms with van der Waals surface area (Å²) in [6.07, 6.45) is 1.55. The highest BCUT2D eigenvalue weighted by Gasteiger charge is 2.44. The van der Waals surface area contributed by atoms with Crippen molar-refractivity contribution in [2.75, 3.05) is 43.0 Å². The summed E-state index contributed by atoms with van der Waals surface area (Å²) in [5, 5.41) is 10.0. The van der Waals surface area contributed by atoms with Gasteiger partial charge in [0.1, 0.15) is 17.9 Å². The number of amides is 2. The Hall–Kier alpha value is -3.44. The smallest absolute Gasteiger partial charge is 0.249 e. The van der Waals surface area contributed by atoms with E-state index in [1.807, 2.05) is 67.8 Å². The fourth-order valence-electron chi connectivity index (χ4n) is 5.84. The minimum absolute atomic E-state index is 0.0191. The van der Waals surface area contributed by atoms with Crippen LogP contribution in [0, 0.1) is 32.1 Å². The number of aryl methyl sites for hydroxylation is 3. The number of carbonyl (C=O) groups is 2. The van der Waals surface area contributed by atoms with Gasteiger partial charge >= 0.3 is 0 Å².